The number of aromatic nitrogens is 2. The van der Waals surface area contributed by atoms with Crippen molar-refractivity contribution in [2.24, 2.45) is 0 Å². The van der Waals surface area contributed by atoms with Crippen molar-refractivity contribution in [1.29, 1.82) is 0 Å². The number of piperidine rings is 1. The molecule has 0 spiro atoms. The van der Waals surface area contributed by atoms with E-state index in [1.54, 1.807) is 36.5 Å². The summed E-state index contributed by atoms with van der Waals surface area (Å²) in [5.41, 5.74) is 0.324. The van der Waals surface area contributed by atoms with E-state index in [2.05, 4.69) is 31.2 Å². The standard InChI is InChI=1S/C22H27ClN6O3S/c1-15-6-9-27-21(28-15)33-14-18(30)29-22(7-10-24-11-8-22)20(32)26-13-12-25-19(31)16-2-4-17(23)5-3-16/h2-6,9,24H,7-8,10-14H2,1H3,(H,25,31)(H,26,32)(H,29,30). The maximum absolute atomic E-state index is 13.0. The molecule has 0 atom stereocenters. The molecule has 0 unspecified atom stereocenters. The Labute approximate surface area is 201 Å². The molecule has 2 heterocycles. The van der Waals surface area contributed by atoms with Crippen LogP contribution in [0.25, 0.3) is 0 Å². The highest BCUT2D eigenvalue weighted by molar-refractivity contribution is 7.99. The Morgan fingerprint density at radius 1 is 1.09 bits per heavy atom. The number of aryl methyl sites for hydroxylation is 1. The molecular formula is C22H27ClN6O3S. The monoisotopic (exact) mass is 490 g/mol. The van der Waals surface area contributed by atoms with Crippen molar-refractivity contribution in [2.75, 3.05) is 31.9 Å². The largest absolute Gasteiger partial charge is 0.352 e. The van der Waals surface area contributed by atoms with Crippen molar-refractivity contribution in [3.63, 3.8) is 0 Å². The minimum Gasteiger partial charge on any atom is -0.352 e. The van der Waals surface area contributed by atoms with Crippen LogP contribution in [0.3, 0.4) is 0 Å². The fourth-order valence-corrected chi connectivity index (χ4v) is 4.22. The van der Waals surface area contributed by atoms with Gasteiger partial charge >= 0.3 is 0 Å². The van der Waals surface area contributed by atoms with Gasteiger partial charge in [0.25, 0.3) is 5.91 Å². The number of thioether (sulfide) groups is 1. The highest BCUT2D eigenvalue weighted by Crippen LogP contribution is 2.20. The molecule has 1 saturated heterocycles. The number of carbonyl (C=O) groups excluding carboxylic acids is 3. The van der Waals surface area contributed by atoms with Crippen molar-refractivity contribution >= 4 is 41.1 Å². The number of rotatable bonds is 9. The first-order chi connectivity index (χ1) is 15.9. The fourth-order valence-electron chi connectivity index (χ4n) is 3.42. The second kappa shape index (κ2) is 12.0. The van der Waals surface area contributed by atoms with Crippen LogP contribution < -0.4 is 21.3 Å². The highest BCUT2D eigenvalue weighted by Gasteiger charge is 2.40. The number of nitrogens with one attached hydrogen (secondary N) is 4. The average molecular weight is 491 g/mol. The summed E-state index contributed by atoms with van der Waals surface area (Å²) in [6.45, 7) is 3.60. The molecule has 1 fully saturated rings. The zero-order valence-electron chi connectivity index (χ0n) is 18.3. The zero-order chi connectivity index (χ0) is 23.7. The van der Waals surface area contributed by atoms with Crippen LogP contribution in [-0.4, -0.2) is 65.2 Å². The van der Waals surface area contributed by atoms with E-state index in [1.807, 2.05) is 6.92 Å². The molecule has 1 aromatic carbocycles. The SMILES string of the molecule is Cc1ccnc(SCC(=O)NC2(C(=O)NCCNC(=O)c3ccc(Cl)cc3)CCNCC2)n1. The quantitative estimate of drug-likeness (QED) is 0.237. The van der Waals surface area contributed by atoms with Crippen LogP contribution >= 0.6 is 23.4 Å². The topological polar surface area (TPSA) is 125 Å². The van der Waals surface area contributed by atoms with Crippen molar-refractivity contribution in [2.45, 2.75) is 30.5 Å². The number of hydrogen-bond donors (Lipinski definition) is 4. The lowest BCUT2D eigenvalue weighted by Crippen LogP contribution is -2.63. The summed E-state index contributed by atoms with van der Waals surface area (Å²) >= 11 is 7.06. The van der Waals surface area contributed by atoms with Gasteiger partial charge in [-0.2, -0.15) is 0 Å². The minimum absolute atomic E-state index is 0.114. The van der Waals surface area contributed by atoms with Gasteiger partial charge in [0.15, 0.2) is 5.16 Å². The lowest BCUT2D eigenvalue weighted by Gasteiger charge is -2.37. The Balaban J connectivity index is 1.49. The molecule has 9 nitrogen and oxygen atoms in total. The van der Waals surface area contributed by atoms with Gasteiger partial charge in [-0.25, -0.2) is 9.97 Å². The molecule has 1 aliphatic rings. The van der Waals surface area contributed by atoms with Crippen molar-refractivity contribution < 1.29 is 14.4 Å². The summed E-state index contributed by atoms with van der Waals surface area (Å²) in [6, 6.07) is 8.35. The number of amides is 3. The van der Waals surface area contributed by atoms with E-state index >= 15 is 0 Å². The summed E-state index contributed by atoms with van der Waals surface area (Å²) in [4.78, 5) is 46.2. The maximum Gasteiger partial charge on any atom is 0.251 e. The molecular weight excluding hydrogens is 464 g/mol. The van der Waals surface area contributed by atoms with Crippen molar-refractivity contribution in [3.05, 3.63) is 52.8 Å². The van der Waals surface area contributed by atoms with Gasteiger partial charge < -0.3 is 21.3 Å². The summed E-state index contributed by atoms with van der Waals surface area (Å²) in [5.74, 6) is -0.641. The molecule has 33 heavy (non-hydrogen) atoms. The Kier molecular flexibility index (Phi) is 9.04. The summed E-state index contributed by atoms with van der Waals surface area (Å²) in [6.07, 6.45) is 2.61. The summed E-state index contributed by atoms with van der Waals surface area (Å²) in [5, 5.41) is 12.8. The second-order valence-electron chi connectivity index (χ2n) is 7.67. The lowest BCUT2D eigenvalue weighted by atomic mass is 9.87. The summed E-state index contributed by atoms with van der Waals surface area (Å²) < 4.78 is 0. The van der Waals surface area contributed by atoms with Gasteiger partial charge in [-0.3, -0.25) is 14.4 Å². The maximum atomic E-state index is 13.0. The molecule has 0 saturated carbocycles. The summed E-state index contributed by atoms with van der Waals surface area (Å²) in [7, 11) is 0. The minimum atomic E-state index is -0.990. The van der Waals surface area contributed by atoms with E-state index in [9.17, 15) is 14.4 Å². The van der Waals surface area contributed by atoms with E-state index in [4.69, 9.17) is 11.6 Å². The Hall–Kier alpha value is -2.69. The molecule has 0 bridgehead atoms. The Bertz CT molecular complexity index is 982. The third-order valence-electron chi connectivity index (χ3n) is 5.18. The van der Waals surface area contributed by atoms with Crippen LogP contribution in [0.1, 0.15) is 28.9 Å². The highest BCUT2D eigenvalue weighted by atomic mass is 35.5. The van der Waals surface area contributed by atoms with Gasteiger partial charge in [-0.1, -0.05) is 23.4 Å². The van der Waals surface area contributed by atoms with Crippen LogP contribution in [0.5, 0.6) is 0 Å². The van der Waals surface area contributed by atoms with Crippen molar-refractivity contribution in [3.8, 4) is 0 Å². The first kappa shape index (κ1) is 24.9. The Morgan fingerprint density at radius 3 is 2.48 bits per heavy atom. The van der Waals surface area contributed by atoms with Gasteiger partial charge in [0, 0.05) is 35.6 Å². The van der Waals surface area contributed by atoms with Crippen LogP contribution in [0.2, 0.25) is 5.02 Å². The molecule has 4 N–H and O–H groups in total. The molecule has 11 heteroatoms. The van der Waals surface area contributed by atoms with Gasteiger partial charge in [-0.05, 0) is 63.2 Å². The predicted octanol–water partition coefficient (Wildman–Crippen LogP) is 1.32. The first-order valence-corrected chi connectivity index (χ1v) is 12.0. The van der Waals surface area contributed by atoms with Crippen LogP contribution in [0, 0.1) is 6.92 Å². The number of hydrogen-bond acceptors (Lipinski definition) is 7. The number of benzene rings is 1. The average Bonchev–Trinajstić information content (AvgIpc) is 2.81. The van der Waals surface area contributed by atoms with E-state index in [-0.39, 0.29) is 36.6 Å². The number of carbonyl (C=O) groups is 3. The van der Waals surface area contributed by atoms with E-state index in [1.165, 1.54) is 11.8 Å². The van der Waals surface area contributed by atoms with Gasteiger partial charge in [0.1, 0.15) is 5.54 Å². The number of halogens is 1. The van der Waals surface area contributed by atoms with Gasteiger partial charge in [0.2, 0.25) is 11.8 Å². The smallest absolute Gasteiger partial charge is 0.251 e. The number of nitrogens with zero attached hydrogens (tertiary/aromatic N) is 2. The van der Waals surface area contributed by atoms with Crippen molar-refractivity contribution in [1.82, 2.24) is 31.2 Å². The van der Waals surface area contributed by atoms with Gasteiger partial charge in [0.05, 0.1) is 5.75 Å². The Morgan fingerprint density at radius 2 is 1.79 bits per heavy atom. The van der Waals surface area contributed by atoms with E-state index in [0.29, 0.717) is 41.7 Å². The lowest BCUT2D eigenvalue weighted by molar-refractivity contribution is -0.133. The third kappa shape index (κ3) is 7.41. The molecule has 1 aliphatic heterocycles. The fraction of sp³-hybridized carbons (Fsp3) is 0.409. The normalized spacial score (nSPS) is 14.8. The predicted molar refractivity (Wildman–Crippen MR) is 127 cm³/mol. The van der Waals surface area contributed by atoms with E-state index in [0.717, 1.165) is 5.69 Å². The second-order valence-corrected chi connectivity index (χ2v) is 9.05. The molecule has 3 amide bonds. The third-order valence-corrected chi connectivity index (χ3v) is 6.29. The molecule has 0 aliphatic carbocycles. The van der Waals surface area contributed by atoms with E-state index < -0.39 is 5.54 Å². The van der Waals surface area contributed by atoms with Crippen LogP contribution in [0.15, 0.2) is 41.7 Å². The molecule has 0 radical (unpaired) electrons. The van der Waals surface area contributed by atoms with Crippen LogP contribution in [0.4, 0.5) is 0 Å². The molecule has 3 rings (SSSR count). The van der Waals surface area contributed by atoms with Crippen LogP contribution in [-0.2, 0) is 9.59 Å². The molecule has 176 valence electrons. The van der Waals surface area contributed by atoms with Gasteiger partial charge in [-0.15, -0.1) is 0 Å². The molecule has 2 aromatic rings. The molecule has 1 aromatic heterocycles. The first-order valence-electron chi connectivity index (χ1n) is 10.6. The zero-order valence-corrected chi connectivity index (χ0v) is 19.9.